The van der Waals surface area contributed by atoms with Crippen LogP contribution in [0.15, 0.2) is 36.9 Å². The van der Waals surface area contributed by atoms with Gasteiger partial charge in [0.2, 0.25) is 5.95 Å². The Labute approximate surface area is 101 Å². The maximum absolute atomic E-state index is 8.83. The molecule has 0 fully saturated rings. The first-order valence-electron chi connectivity index (χ1n) is 4.93. The number of nitrogens with one attached hydrogen (secondary N) is 1. The minimum absolute atomic E-state index is 0. The van der Waals surface area contributed by atoms with Crippen molar-refractivity contribution in [3.8, 4) is 0 Å². The van der Waals surface area contributed by atoms with Gasteiger partial charge in [-0.3, -0.25) is 4.98 Å². The molecule has 0 aliphatic rings. The van der Waals surface area contributed by atoms with Crippen molar-refractivity contribution in [2.45, 2.75) is 20.6 Å². The summed E-state index contributed by atoms with van der Waals surface area (Å²) in [6.45, 7) is 0.617. The molecule has 2 aromatic heterocycles. The van der Waals surface area contributed by atoms with Crippen molar-refractivity contribution >= 4 is 5.95 Å². The van der Waals surface area contributed by atoms with Crippen LogP contribution in [0.5, 0.6) is 0 Å². The molecule has 2 heterocycles. The Bertz CT molecular complexity index is 430. The molecule has 0 radical (unpaired) electrons. The molecule has 0 saturated heterocycles. The van der Waals surface area contributed by atoms with E-state index in [1.54, 1.807) is 24.8 Å². The molecule has 17 heavy (non-hydrogen) atoms. The Balaban J connectivity index is 0.00000144. The van der Waals surface area contributed by atoms with Crippen molar-refractivity contribution in [2.75, 3.05) is 5.32 Å². The number of pyridine rings is 1. The average molecular weight is 232 g/mol. The molecule has 0 spiro atoms. The largest absolute Gasteiger partial charge is 0.392 e. The van der Waals surface area contributed by atoms with Gasteiger partial charge in [-0.1, -0.05) is 7.43 Å². The van der Waals surface area contributed by atoms with Crippen molar-refractivity contribution in [3.63, 3.8) is 0 Å². The predicted octanol–water partition coefficient (Wildman–Crippen LogP) is 1.61. The molecule has 0 atom stereocenters. The minimum atomic E-state index is -0.0371. The average Bonchev–Trinajstić information content (AvgIpc) is 2.38. The smallest absolute Gasteiger partial charge is 0.222 e. The molecule has 2 rings (SSSR count). The molecule has 2 aromatic rings. The predicted molar refractivity (Wildman–Crippen MR) is 66.2 cm³/mol. The maximum Gasteiger partial charge on any atom is 0.222 e. The topological polar surface area (TPSA) is 70.9 Å². The first-order valence-corrected chi connectivity index (χ1v) is 4.93. The summed E-state index contributed by atoms with van der Waals surface area (Å²) >= 11 is 0. The second-order valence-electron chi connectivity index (χ2n) is 3.28. The molecule has 2 N–H and O–H groups in total. The molecule has 90 valence electrons. The highest BCUT2D eigenvalue weighted by Crippen LogP contribution is 2.03. The van der Waals surface area contributed by atoms with Gasteiger partial charge >= 0.3 is 0 Å². The van der Waals surface area contributed by atoms with Crippen LogP contribution in [0.4, 0.5) is 5.95 Å². The molecular formula is C12H16N4O. The summed E-state index contributed by atoms with van der Waals surface area (Å²) in [5.74, 6) is 0.550. The number of aliphatic hydroxyl groups excluding tert-OH is 1. The molecule has 0 amide bonds. The molecule has 0 unspecified atom stereocenters. The van der Waals surface area contributed by atoms with Crippen molar-refractivity contribution in [2.24, 2.45) is 0 Å². The fourth-order valence-electron chi connectivity index (χ4n) is 1.21. The van der Waals surface area contributed by atoms with E-state index >= 15 is 0 Å². The summed E-state index contributed by atoms with van der Waals surface area (Å²) in [4.78, 5) is 12.1. The minimum Gasteiger partial charge on any atom is -0.392 e. The van der Waals surface area contributed by atoms with Crippen LogP contribution in [0.3, 0.4) is 0 Å². The Morgan fingerprint density at radius 1 is 1.06 bits per heavy atom. The highest BCUT2D eigenvalue weighted by molar-refractivity contribution is 5.26. The lowest BCUT2D eigenvalue weighted by Crippen LogP contribution is -2.03. The Hall–Kier alpha value is -2.01. The fraction of sp³-hybridized carbons (Fsp3) is 0.250. The maximum atomic E-state index is 8.83. The highest BCUT2D eigenvalue weighted by atomic mass is 16.3. The summed E-state index contributed by atoms with van der Waals surface area (Å²) in [7, 11) is 0. The lowest BCUT2D eigenvalue weighted by atomic mass is 10.3. The van der Waals surface area contributed by atoms with Crippen molar-refractivity contribution in [1.29, 1.82) is 0 Å². The van der Waals surface area contributed by atoms with Gasteiger partial charge in [-0.15, -0.1) is 0 Å². The zero-order valence-corrected chi connectivity index (χ0v) is 8.67. The van der Waals surface area contributed by atoms with Gasteiger partial charge in [0, 0.05) is 36.9 Å². The lowest BCUT2D eigenvalue weighted by Gasteiger charge is -2.04. The van der Waals surface area contributed by atoms with Crippen LogP contribution < -0.4 is 5.32 Å². The van der Waals surface area contributed by atoms with Gasteiger partial charge in [-0.05, 0) is 17.7 Å². The number of anilines is 1. The van der Waals surface area contributed by atoms with Gasteiger partial charge in [-0.2, -0.15) is 0 Å². The monoisotopic (exact) mass is 232 g/mol. The van der Waals surface area contributed by atoms with Crippen LogP contribution in [0, 0.1) is 0 Å². The SMILES string of the molecule is C.OCc1cnc(NCc2ccncc2)nc1. The highest BCUT2D eigenvalue weighted by Gasteiger charge is 1.96. The van der Waals surface area contributed by atoms with E-state index in [0.717, 1.165) is 5.56 Å². The summed E-state index contributed by atoms with van der Waals surface area (Å²) in [5.41, 5.74) is 1.82. The molecule has 0 aliphatic carbocycles. The van der Waals surface area contributed by atoms with E-state index in [1.165, 1.54) is 0 Å². The van der Waals surface area contributed by atoms with Gasteiger partial charge in [0.15, 0.2) is 0 Å². The first kappa shape index (κ1) is 13.1. The molecule has 0 aromatic carbocycles. The fourth-order valence-corrected chi connectivity index (χ4v) is 1.21. The van der Waals surface area contributed by atoms with E-state index in [1.807, 2.05) is 12.1 Å². The lowest BCUT2D eigenvalue weighted by molar-refractivity contribution is 0.281. The van der Waals surface area contributed by atoms with Crippen molar-refractivity contribution < 1.29 is 5.11 Å². The van der Waals surface area contributed by atoms with Gasteiger partial charge in [0.25, 0.3) is 0 Å². The summed E-state index contributed by atoms with van der Waals surface area (Å²) in [6.07, 6.45) is 6.68. The van der Waals surface area contributed by atoms with E-state index in [2.05, 4.69) is 20.3 Å². The zero-order chi connectivity index (χ0) is 11.2. The number of hydrogen-bond donors (Lipinski definition) is 2. The van der Waals surface area contributed by atoms with Gasteiger partial charge < -0.3 is 10.4 Å². The number of nitrogens with zero attached hydrogens (tertiary/aromatic N) is 3. The molecule has 5 heteroatoms. The quantitative estimate of drug-likeness (QED) is 0.838. The van der Waals surface area contributed by atoms with Crippen LogP contribution in [0.1, 0.15) is 18.6 Å². The van der Waals surface area contributed by atoms with E-state index in [4.69, 9.17) is 5.11 Å². The number of aliphatic hydroxyl groups is 1. The first-order chi connectivity index (χ1) is 7.88. The van der Waals surface area contributed by atoms with Crippen LogP contribution in [0.25, 0.3) is 0 Å². The third-order valence-corrected chi connectivity index (χ3v) is 2.09. The number of hydrogen-bond acceptors (Lipinski definition) is 5. The van der Waals surface area contributed by atoms with Crippen molar-refractivity contribution in [1.82, 2.24) is 15.0 Å². The molecule has 0 bridgehead atoms. The molecular weight excluding hydrogens is 216 g/mol. The standard InChI is InChI=1S/C11H12N4O.CH4/c16-8-10-6-14-11(15-7-10)13-5-9-1-3-12-4-2-9;/h1-4,6-7,16H,5,8H2,(H,13,14,15);1H4. The van der Waals surface area contributed by atoms with Crippen LogP contribution in [-0.2, 0) is 13.2 Å². The number of aromatic nitrogens is 3. The molecule has 0 aliphatic heterocycles. The molecule has 5 nitrogen and oxygen atoms in total. The van der Waals surface area contributed by atoms with Gasteiger partial charge in [0.05, 0.1) is 6.61 Å². The Morgan fingerprint density at radius 3 is 2.29 bits per heavy atom. The second kappa shape index (κ2) is 6.55. The summed E-state index contributed by atoms with van der Waals surface area (Å²) in [5, 5.41) is 11.9. The van der Waals surface area contributed by atoms with E-state index in [0.29, 0.717) is 18.1 Å². The van der Waals surface area contributed by atoms with E-state index in [-0.39, 0.29) is 14.0 Å². The van der Waals surface area contributed by atoms with Gasteiger partial charge in [-0.25, -0.2) is 9.97 Å². The normalized spacial score (nSPS) is 9.47. The van der Waals surface area contributed by atoms with Crippen LogP contribution >= 0.6 is 0 Å². The van der Waals surface area contributed by atoms with Gasteiger partial charge in [0.1, 0.15) is 0 Å². The third-order valence-electron chi connectivity index (χ3n) is 2.09. The third kappa shape index (κ3) is 3.81. The molecule has 0 saturated carbocycles. The zero-order valence-electron chi connectivity index (χ0n) is 8.67. The number of rotatable bonds is 4. The van der Waals surface area contributed by atoms with E-state index < -0.39 is 0 Å². The second-order valence-corrected chi connectivity index (χ2v) is 3.28. The van der Waals surface area contributed by atoms with Crippen molar-refractivity contribution in [3.05, 3.63) is 48.0 Å². The van der Waals surface area contributed by atoms with E-state index in [9.17, 15) is 0 Å². The van der Waals surface area contributed by atoms with Crippen LogP contribution in [0.2, 0.25) is 0 Å². The summed E-state index contributed by atoms with van der Waals surface area (Å²) < 4.78 is 0. The Kier molecular flexibility index (Phi) is 5.03. The Morgan fingerprint density at radius 2 is 1.71 bits per heavy atom. The summed E-state index contributed by atoms with van der Waals surface area (Å²) in [6, 6.07) is 3.85. The van der Waals surface area contributed by atoms with Crippen LogP contribution in [-0.4, -0.2) is 20.1 Å².